The fourth-order valence-corrected chi connectivity index (χ4v) is 4.68. The molecular formula is C24H33N3O6S. The highest BCUT2D eigenvalue weighted by atomic mass is 32.2. The average molecular weight is 492 g/mol. The van der Waals surface area contributed by atoms with Crippen LogP contribution in [-0.2, 0) is 21.3 Å². The lowest BCUT2D eigenvalue weighted by molar-refractivity contribution is 0.0364. The van der Waals surface area contributed by atoms with Crippen LogP contribution in [0.2, 0.25) is 0 Å². The Morgan fingerprint density at radius 2 is 1.79 bits per heavy atom. The van der Waals surface area contributed by atoms with E-state index in [9.17, 15) is 13.2 Å². The molecule has 1 heterocycles. The summed E-state index contributed by atoms with van der Waals surface area (Å²) < 4.78 is 44.0. The summed E-state index contributed by atoms with van der Waals surface area (Å²) in [5.74, 6) is 1.19. The van der Waals surface area contributed by atoms with Crippen LogP contribution in [0, 0.1) is 6.92 Å². The number of urea groups is 1. The summed E-state index contributed by atoms with van der Waals surface area (Å²) in [6.45, 7) is 6.31. The molecule has 2 aromatic rings. The van der Waals surface area contributed by atoms with Gasteiger partial charge in [-0.3, -0.25) is 4.90 Å². The highest BCUT2D eigenvalue weighted by Gasteiger charge is 2.23. The number of nitrogens with zero attached hydrogens (tertiary/aromatic N) is 2. The van der Waals surface area contributed by atoms with E-state index >= 15 is 0 Å². The minimum atomic E-state index is -4.00. The van der Waals surface area contributed by atoms with E-state index in [1.807, 2.05) is 13.0 Å². The van der Waals surface area contributed by atoms with Gasteiger partial charge in [-0.15, -0.1) is 0 Å². The number of methoxy groups -OCH3 is 2. The molecule has 1 saturated heterocycles. The zero-order valence-electron chi connectivity index (χ0n) is 20.0. The molecule has 0 bridgehead atoms. The number of benzene rings is 2. The van der Waals surface area contributed by atoms with Crippen molar-refractivity contribution >= 4 is 16.1 Å². The Morgan fingerprint density at radius 1 is 1.09 bits per heavy atom. The van der Waals surface area contributed by atoms with Gasteiger partial charge < -0.3 is 19.1 Å². The highest BCUT2D eigenvalue weighted by molar-refractivity contribution is 7.90. The molecule has 1 N–H and O–H groups in total. The van der Waals surface area contributed by atoms with Crippen molar-refractivity contribution in [2.24, 2.45) is 0 Å². The molecule has 0 saturated carbocycles. The van der Waals surface area contributed by atoms with Crippen LogP contribution in [0.1, 0.15) is 17.5 Å². The second-order valence-electron chi connectivity index (χ2n) is 8.13. The van der Waals surface area contributed by atoms with E-state index in [0.717, 1.165) is 30.8 Å². The van der Waals surface area contributed by atoms with Crippen LogP contribution < -0.4 is 14.2 Å². The van der Waals surface area contributed by atoms with Crippen molar-refractivity contribution in [3.8, 4) is 11.5 Å². The summed E-state index contributed by atoms with van der Waals surface area (Å²) >= 11 is 0. The van der Waals surface area contributed by atoms with E-state index in [-0.39, 0.29) is 11.4 Å². The predicted molar refractivity (Wildman–Crippen MR) is 129 cm³/mol. The minimum absolute atomic E-state index is 0.0433. The molecule has 3 rings (SSSR count). The summed E-state index contributed by atoms with van der Waals surface area (Å²) in [6.07, 6.45) is 0.691. The van der Waals surface area contributed by atoms with Gasteiger partial charge in [-0.1, -0.05) is 17.7 Å². The maximum absolute atomic E-state index is 13.1. The van der Waals surface area contributed by atoms with Gasteiger partial charge in [0.25, 0.3) is 10.0 Å². The van der Waals surface area contributed by atoms with Crippen LogP contribution in [0.25, 0.3) is 0 Å². The quantitative estimate of drug-likeness (QED) is 0.546. The second-order valence-corrected chi connectivity index (χ2v) is 9.81. The molecule has 2 aromatic carbocycles. The van der Waals surface area contributed by atoms with Gasteiger partial charge >= 0.3 is 6.03 Å². The van der Waals surface area contributed by atoms with Crippen LogP contribution in [0.3, 0.4) is 0 Å². The Hall–Kier alpha value is -2.82. The average Bonchev–Trinajstić information content (AvgIpc) is 2.84. The van der Waals surface area contributed by atoms with E-state index < -0.39 is 16.1 Å². The Balaban J connectivity index is 1.75. The third kappa shape index (κ3) is 7.09. The van der Waals surface area contributed by atoms with Crippen molar-refractivity contribution in [1.29, 1.82) is 0 Å². The maximum atomic E-state index is 13.1. The first-order chi connectivity index (χ1) is 16.3. The highest BCUT2D eigenvalue weighted by Crippen LogP contribution is 2.26. The Bertz CT molecular complexity index is 1050. The number of carbonyl (C=O) groups is 1. The van der Waals surface area contributed by atoms with Gasteiger partial charge in [0.2, 0.25) is 0 Å². The first kappa shape index (κ1) is 25.8. The molecule has 0 aliphatic carbocycles. The minimum Gasteiger partial charge on any atom is -0.497 e. The summed E-state index contributed by atoms with van der Waals surface area (Å²) in [4.78, 5) is 17.0. The van der Waals surface area contributed by atoms with Gasteiger partial charge in [0.15, 0.2) is 0 Å². The van der Waals surface area contributed by atoms with Crippen molar-refractivity contribution in [2.45, 2.75) is 24.8 Å². The van der Waals surface area contributed by atoms with Crippen molar-refractivity contribution in [1.82, 2.24) is 14.5 Å². The Morgan fingerprint density at radius 3 is 2.44 bits per heavy atom. The summed E-state index contributed by atoms with van der Waals surface area (Å²) in [5.41, 5.74) is 1.68. The van der Waals surface area contributed by atoms with Crippen LogP contribution in [0.5, 0.6) is 11.5 Å². The molecule has 10 heteroatoms. The molecule has 2 amide bonds. The lowest BCUT2D eigenvalue weighted by atomic mass is 10.1. The van der Waals surface area contributed by atoms with Gasteiger partial charge in [0.1, 0.15) is 11.5 Å². The molecule has 0 atom stereocenters. The van der Waals surface area contributed by atoms with Gasteiger partial charge in [0, 0.05) is 37.8 Å². The molecule has 0 spiro atoms. The summed E-state index contributed by atoms with van der Waals surface area (Å²) in [7, 11) is -0.895. The van der Waals surface area contributed by atoms with E-state index in [1.54, 1.807) is 38.5 Å². The van der Waals surface area contributed by atoms with E-state index in [1.165, 1.54) is 17.0 Å². The SMILES string of the molecule is COc1ccc(CN(CCCN2CCOCC2)C(=O)NS(=O)(=O)c2ccc(C)cc2)c(OC)c1. The molecule has 34 heavy (non-hydrogen) atoms. The lowest BCUT2D eigenvalue weighted by Gasteiger charge is -2.28. The Kier molecular flexibility index (Phi) is 9.14. The van der Waals surface area contributed by atoms with Crippen molar-refractivity contribution in [3.63, 3.8) is 0 Å². The predicted octanol–water partition coefficient (Wildman–Crippen LogP) is 2.64. The maximum Gasteiger partial charge on any atom is 0.331 e. The molecule has 0 aromatic heterocycles. The normalized spacial score (nSPS) is 14.4. The molecule has 1 aliphatic heterocycles. The van der Waals surface area contributed by atoms with Crippen LogP contribution in [-0.4, -0.2) is 77.9 Å². The van der Waals surface area contributed by atoms with Gasteiger partial charge in [-0.2, -0.15) is 0 Å². The third-order valence-electron chi connectivity index (χ3n) is 5.70. The third-order valence-corrected chi connectivity index (χ3v) is 7.04. The molecule has 1 fully saturated rings. The number of ether oxygens (including phenoxy) is 3. The topological polar surface area (TPSA) is 97.4 Å². The van der Waals surface area contributed by atoms with Crippen LogP contribution in [0.15, 0.2) is 47.4 Å². The summed E-state index contributed by atoms with van der Waals surface area (Å²) in [6, 6.07) is 11.0. The monoisotopic (exact) mass is 491 g/mol. The molecule has 0 radical (unpaired) electrons. The number of hydrogen-bond donors (Lipinski definition) is 1. The number of aryl methyl sites for hydroxylation is 1. The molecule has 1 aliphatic rings. The van der Waals surface area contributed by atoms with E-state index in [2.05, 4.69) is 9.62 Å². The first-order valence-electron chi connectivity index (χ1n) is 11.2. The molecular weight excluding hydrogens is 458 g/mol. The van der Waals surface area contributed by atoms with Crippen molar-refractivity contribution in [2.75, 3.05) is 53.6 Å². The number of morpholine rings is 1. The Labute approximate surface area is 201 Å². The number of rotatable bonds is 10. The second kappa shape index (κ2) is 12.0. The number of amides is 2. The number of nitrogens with one attached hydrogen (secondary N) is 1. The molecule has 186 valence electrons. The van der Waals surface area contributed by atoms with Crippen molar-refractivity contribution < 1.29 is 27.4 Å². The molecule has 9 nitrogen and oxygen atoms in total. The number of carbonyl (C=O) groups excluding carboxylic acids is 1. The standard InChI is InChI=1S/C24H33N3O6S/c1-19-5-9-22(10-6-19)34(29,30)25-24(28)27(12-4-11-26-13-15-33-16-14-26)18-20-7-8-21(31-2)17-23(20)32-3/h5-10,17H,4,11-16,18H2,1-3H3,(H,25,28). The summed E-state index contributed by atoms with van der Waals surface area (Å²) in [5, 5.41) is 0. The first-order valence-corrected chi connectivity index (χ1v) is 12.7. The van der Waals surface area contributed by atoms with Crippen LogP contribution >= 0.6 is 0 Å². The van der Waals surface area contributed by atoms with E-state index in [0.29, 0.717) is 37.7 Å². The van der Waals surface area contributed by atoms with Gasteiger partial charge in [-0.25, -0.2) is 17.9 Å². The van der Waals surface area contributed by atoms with Gasteiger partial charge in [0.05, 0.1) is 38.9 Å². The fraction of sp³-hybridized carbons (Fsp3) is 0.458. The van der Waals surface area contributed by atoms with E-state index in [4.69, 9.17) is 14.2 Å². The number of sulfonamides is 1. The largest absolute Gasteiger partial charge is 0.497 e. The zero-order valence-corrected chi connectivity index (χ0v) is 20.8. The molecule has 0 unspecified atom stereocenters. The van der Waals surface area contributed by atoms with Crippen LogP contribution in [0.4, 0.5) is 4.79 Å². The lowest BCUT2D eigenvalue weighted by Crippen LogP contribution is -2.44. The van der Waals surface area contributed by atoms with Crippen molar-refractivity contribution in [3.05, 3.63) is 53.6 Å². The fourth-order valence-electron chi connectivity index (χ4n) is 3.71. The van der Waals surface area contributed by atoms with Gasteiger partial charge in [-0.05, 0) is 37.6 Å². The smallest absolute Gasteiger partial charge is 0.331 e. The zero-order chi connectivity index (χ0) is 24.6. The number of hydrogen-bond acceptors (Lipinski definition) is 7.